The van der Waals surface area contributed by atoms with Crippen LogP contribution in [0.2, 0.25) is 0 Å². The maximum absolute atomic E-state index is 12.7. The lowest BCUT2D eigenvalue weighted by molar-refractivity contribution is 0.657. The fraction of sp³-hybridized carbons (Fsp3) is 0.333. The van der Waals surface area contributed by atoms with E-state index in [9.17, 15) is 4.39 Å². The number of hydrogen-bond donors (Lipinski definition) is 0. The van der Waals surface area contributed by atoms with Crippen LogP contribution in [0.5, 0.6) is 0 Å². The summed E-state index contributed by atoms with van der Waals surface area (Å²) in [6.07, 6.45) is 6.79. The van der Waals surface area contributed by atoms with Crippen LogP contribution in [-0.2, 0) is 0 Å². The standard InChI is InChI=1S/C9H10BrF/c1-7-3-2-4-9(11)6-8(10)5-7/h4-6H,2-3H2,1H3/b7-5+,8-6+,9-4+. The van der Waals surface area contributed by atoms with Crippen molar-refractivity contribution in [2.24, 2.45) is 0 Å². The smallest absolute Gasteiger partial charge is 0.120 e. The molecule has 1 aliphatic rings. The first-order valence-corrected chi connectivity index (χ1v) is 4.38. The molecule has 0 amide bonds. The van der Waals surface area contributed by atoms with Crippen LogP contribution in [0.1, 0.15) is 19.8 Å². The zero-order valence-electron chi connectivity index (χ0n) is 6.40. The lowest BCUT2D eigenvalue weighted by Gasteiger charge is -2.01. The Labute approximate surface area is 74.6 Å². The van der Waals surface area contributed by atoms with Crippen LogP contribution >= 0.6 is 15.9 Å². The molecule has 0 fully saturated rings. The molecule has 0 heterocycles. The highest BCUT2D eigenvalue weighted by Crippen LogP contribution is 2.20. The molecule has 0 radical (unpaired) electrons. The van der Waals surface area contributed by atoms with Crippen molar-refractivity contribution in [3.8, 4) is 0 Å². The number of halogens is 2. The van der Waals surface area contributed by atoms with E-state index in [-0.39, 0.29) is 5.83 Å². The first-order valence-electron chi connectivity index (χ1n) is 3.58. The van der Waals surface area contributed by atoms with Crippen LogP contribution < -0.4 is 0 Å². The lowest BCUT2D eigenvalue weighted by Crippen LogP contribution is -1.81. The van der Waals surface area contributed by atoms with Gasteiger partial charge in [0.15, 0.2) is 0 Å². The molecule has 0 bridgehead atoms. The van der Waals surface area contributed by atoms with E-state index in [1.165, 1.54) is 11.6 Å². The normalized spacial score (nSPS) is 33.5. The van der Waals surface area contributed by atoms with Crippen LogP contribution in [0.3, 0.4) is 0 Å². The van der Waals surface area contributed by atoms with E-state index in [2.05, 4.69) is 15.9 Å². The molecule has 0 atom stereocenters. The molecule has 1 rings (SSSR count). The maximum atomic E-state index is 12.7. The largest absolute Gasteiger partial charge is 0.207 e. The second-order valence-corrected chi connectivity index (χ2v) is 3.56. The Balaban J connectivity index is 2.87. The molecule has 0 aromatic carbocycles. The van der Waals surface area contributed by atoms with Gasteiger partial charge in [0.2, 0.25) is 0 Å². The molecular weight excluding hydrogens is 207 g/mol. The van der Waals surface area contributed by atoms with E-state index in [1.807, 2.05) is 13.0 Å². The monoisotopic (exact) mass is 216 g/mol. The second-order valence-electron chi connectivity index (χ2n) is 2.65. The van der Waals surface area contributed by atoms with Crippen LogP contribution in [0, 0.1) is 0 Å². The van der Waals surface area contributed by atoms with E-state index < -0.39 is 0 Å². The zero-order valence-corrected chi connectivity index (χ0v) is 7.99. The van der Waals surface area contributed by atoms with Gasteiger partial charge in [0, 0.05) is 4.48 Å². The van der Waals surface area contributed by atoms with Crippen LogP contribution in [0.4, 0.5) is 4.39 Å². The van der Waals surface area contributed by atoms with Gasteiger partial charge in [-0.2, -0.15) is 0 Å². The minimum atomic E-state index is -0.152. The third kappa shape index (κ3) is 3.02. The van der Waals surface area contributed by atoms with Crippen molar-refractivity contribution >= 4 is 15.9 Å². The molecule has 0 unspecified atom stereocenters. The van der Waals surface area contributed by atoms with E-state index in [0.717, 1.165) is 17.3 Å². The molecule has 0 saturated carbocycles. The summed E-state index contributed by atoms with van der Waals surface area (Å²) in [5.41, 5.74) is 1.27. The average molecular weight is 217 g/mol. The fourth-order valence-corrected chi connectivity index (χ4v) is 1.59. The highest BCUT2D eigenvalue weighted by molar-refractivity contribution is 9.11. The molecule has 0 N–H and O–H groups in total. The third-order valence-corrected chi connectivity index (χ3v) is 2.00. The SMILES string of the molecule is C\C1=C/C(Br)=C\C(F)=C/CC1. The Morgan fingerprint density at radius 3 is 2.91 bits per heavy atom. The first kappa shape index (κ1) is 8.72. The summed E-state index contributed by atoms with van der Waals surface area (Å²) >= 11 is 3.26. The average Bonchev–Trinajstić information content (AvgIpc) is 1.83. The summed E-state index contributed by atoms with van der Waals surface area (Å²) in [6.45, 7) is 2.05. The summed E-state index contributed by atoms with van der Waals surface area (Å²) in [4.78, 5) is 0. The third-order valence-electron chi connectivity index (χ3n) is 1.54. The van der Waals surface area contributed by atoms with Crippen LogP contribution in [0.15, 0.2) is 34.1 Å². The second kappa shape index (κ2) is 3.86. The van der Waals surface area contributed by atoms with E-state index >= 15 is 0 Å². The van der Waals surface area contributed by atoms with Crippen molar-refractivity contribution in [1.82, 2.24) is 0 Å². The summed E-state index contributed by atoms with van der Waals surface area (Å²) in [5.74, 6) is -0.152. The number of hydrogen-bond acceptors (Lipinski definition) is 0. The number of allylic oxidation sites excluding steroid dienone is 6. The summed E-state index contributed by atoms with van der Waals surface area (Å²) < 4.78 is 13.5. The van der Waals surface area contributed by atoms with E-state index in [4.69, 9.17) is 0 Å². The summed E-state index contributed by atoms with van der Waals surface area (Å²) in [5, 5.41) is 0. The van der Waals surface area contributed by atoms with Gasteiger partial charge >= 0.3 is 0 Å². The predicted molar refractivity (Wildman–Crippen MR) is 49.2 cm³/mol. The summed E-state index contributed by atoms with van der Waals surface area (Å²) in [6, 6.07) is 0. The fourth-order valence-electron chi connectivity index (χ4n) is 0.978. The Morgan fingerprint density at radius 2 is 2.18 bits per heavy atom. The molecule has 0 spiro atoms. The Hall–Kier alpha value is -0.370. The van der Waals surface area contributed by atoms with Gasteiger partial charge in [-0.1, -0.05) is 21.5 Å². The van der Waals surface area contributed by atoms with Gasteiger partial charge in [-0.05, 0) is 38.0 Å². The highest BCUT2D eigenvalue weighted by Gasteiger charge is 1.98. The van der Waals surface area contributed by atoms with E-state index in [1.54, 1.807) is 6.08 Å². The topological polar surface area (TPSA) is 0 Å². The lowest BCUT2D eigenvalue weighted by atomic mass is 10.1. The van der Waals surface area contributed by atoms with Crippen molar-refractivity contribution in [3.05, 3.63) is 34.1 Å². The zero-order chi connectivity index (χ0) is 8.27. The van der Waals surface area contributed by atoms with E-state index in [0.29, 0.717) is 0 Å². The minimum absolute atomic E-state index is 0.152. The Kier molecular flexibility index (Phi) is 3.06. The van der Waals surface area contributed by atoms with Gasteiger partial charge in [0.05, 0.1) is 0 Å². The molecule has 2 heteroatoms. The van der Waals surface area contributed by atoms with Crippen molar-refractivity contribution in [2.75, 3.05) is 0 Å². The molecule has 60 valence electrons. The van der Waals surface area contributed by atoms with Crippen molar-refractivity contribution in [2.45, 2.75) is 19.8 Å². The van der Waals surface area contributed by atoms with Crippen LogP contribution in [-0.4, -0.2) is 0 Å². The maximum Gasteiger partial charge on any atom is 0.120 e. The van der Waals surface area contributed by atoms with Gasteiger partial charge in [-0.25, -0.2) is 4.39 Å². The van der Waals surface area contributed by atoms with Gasteiger partial charge in [0.25, 0.3) is 0 Å². The number of rotatable bonds is 0. The molecular formula is C9H10BrF. The van der Waals surface area contributed by atoms with Gasteiger partial charge in [-0.15, -0.1) is 0 Å². The summed E-state index contributed by atoms with van der Waals surface area (Å²) in [7, 11) is 0. The molecule has 11 heavy (non-hydrogen) atoms. The molecule has 0 aromatic heterocycles. The molecule has 0 saturated heterocycles. The quantitative estimate of drug-likeness (QED) is 0.577. The van der Waals surface area contributed by atoms with Gasteiger partial charge in [-0.3, -0.25) is 0 Å². The molecule has 0 aliphatic heterocycles. The Morgan fingerprint density at radius 1 is 1.45 bits per heavy atom. The van der Waals surface area contributed by atoms with Crippen molar-refractivity contribution < 1.29 is 4.39 Å². The molecule has 0 aromatic rings. The molecule has 0 nitrogen and oxygen atoms in total. The van der Waals surface area contributed by atoms with Crippen LogP contribution in [0.25, 0.3) is 0 Å². The predicted octanol–water partition coefficient (Wildman–Crippen LogP) is 3.86. The minimum Gasteiger partial charge on any atom is -0.207 e. The van der Waals surface area contributed by atoms with Gasteiger partial charge < -0.3 is 0 Å². The van der Waals surface area contributed by atoms with Gasteiger partial charge in [0.1, 0.15) is 5.83 Å². The highest BCUT2D eigenvalue weighted by atomic mass is 79.9. The van der Waals surface area contributed by atoms with Crippen molar-refractivity contribution in [3.63, 3.8) is 0 Å². The first-order chi connectivity index (χ1) is 5.18. The Bertz CT molecular complexity index is 236. The van der Waals surface area contributed by atoms with Crippen molar-refractivity contribution in [1.29, 1.82) is 0 Å². The molecule has 1 aliphatic carbocycles.